The van der Waals surface area contributed by atoms with E-state index in [1.165, 1.54) is 11.3 Å². The fraction of sp³-hybridized carbons (Fsp3) is 0.423. The first-order chi connectivity index (χ1) is 15.2. The molecule has 2 fully saturated rings. The van der Waals surface area contributed by atoms with Crippen molar-refractivity contribution in [2.75, 3.05) is 13.2 Å². The number of benzene rings is 2. The van der Waals surface area contributed by atoms with Crippen molar-refractivity contribution in [1.29, 1.82) is 0 Å². The van der Waals surface area contributed by atoms with Crippen molar-refractivity contribution in [2.45, 2.75) is 44.4 Å². The summed E-state index contributed by atoms with van der Waals surface area (Å²) in [7, 11) is 0. The monoisotopic (exact) mass is 416 g/mol. The number of ether oxygens (including phenoxy) is 1. The van der Waals surface area contributed by atoms with E-state index in [2.05, 4.69) is 53.2 Å². The third kappa shape index (κ3) is 2.60. The molecule has 5 nitrogen and oxygen atoms in total. The average molecular weight is 417 g/mol. The Bertz CT molecular complexity index is 1140. The number of cyclic esters (lactones) is 1. The molecule has 160 valence electrons. The van der Waals surface area contributed by atoms with Crippen molar-refractivity contribution in [3.8, 4) is 0 Å². The summed E-state index contributed by atoms with van der Waals surface area (Å²) in [5.74, 6) is -0.252. The number of hydrogen-bond donors (Lipinski definition) is 2. The number of hydrogen-bond acceptors (Lipinski definition) is 4. The Morgan fingerprint density at radius 1 is 1.16 bits per heavy atom. The molecule has 2 aromatic carbocycles. The molecule has 3 aromatic rings. The fourth-order valence-electron chi connectivity index (χ4n) is 6.74. The van der Waals surface area contributed by atoms with Crippen LogP contribution in [-0.2, 0) is 16.1 Å². The summed E-state index contributed by atoms with van der Waals surface area (Å²) in [6.45, 7) is 3.72. The lowest BCUT2D eigenvalue weighted by molar-refractivity contribution is -0.204. The van der Waals surface area contributed by atoms with Crippen LogP contribution in [0.4, 0.5) is 0 Å². The molecule has 2 saturated heterocycles. The third-order valence-electron chi connectivity index (χ3n) is 8.18. The van der Waals surface area contributed by atoms with Crippen LogP contribution in [0.25, 0.3) is 10.9 Å². The van der Waals surface area contributed by atoms with E-state index in [1.807, 2.05) is 18.2 Å². The summed E-state index contributed by atoms with van der Waals surface area (Å²) in [5.41, 5.74) is 4.41. The Morgan fingerprint density at radius 2 is 1.94 bits per heavy atom. The molecular formula is C26H28N2O3. The number of aliphatic hydroxyl groups excluding tert-OH is 1. The number of para-hydroxylation sites is 1. The molecule has 6 rings (SSSR count). The molecule has 1 aromatic heterocycles. The molecule has 5 unspecified atom stereocenters. The highest BCUT2D eigenvalue weighted by Crippen LogP contribution is 2.61. The number of aromatic nitrogens is 1. The number of carbonyl (C=O) groups is 1. The molecule has 5 atom stereocenters. The van der Waals surface area contributed by atoms with Gasteiger partial charge in [0.25, 0.3) is 0 Å². The van der Waals surface area contributed by atoms with E-state index in [0.29, 0.717) is 0 Å². The highest BCUT2D eigenvalue weighted by molar-refractivity contribution is 5.92. The predicted molar refractivity (Wildman–Crippen MR) is 118 cm³/mol. The molecule has 0 spiro atoms. The molecule has 0 saturated carbocycles. The molecular weight excluding hydrogens is 388 g/mol. The molecule has 5 heteroatoms. The van der Waals surface area contributed by atoms with E-state index >= 15 is 0 Å². The average Bonchev–Trinajstić information content (AvgIpc) is 3.19. The Kier molecular flexibility index (Phi) is 4.27. The quantitative estimate of drug-likeness (QED) is 0.628. The third-order valence-corrected chi connectivity index (χ3v) is 8.18. The summed E-state index contributed by atoms with van der Waals surface area (Å²) in [4.78, 5) is 19.5. The van der Waals surface area contributed by atoms with Gasteiger partial charge in [0.2, 0.25) is 0 Å². The van der Waals surface area contributed by atoms with Gasteiger partial charge in [0, 0.05) is 35.1 Å². The van der Waals surface area contributed by atoms with Gasteiger partial charge in [0.15, 0.2) is 0 Å². The number of esters is 1. The van der Waals surface area contributed by atoms with E-state index in [-0.39, 0.29) is 35.9 Å². The summed E-state index contributed by atoms with van der Waals surface area (Å²) < 4.78 is 5.97. The van der Waals surface area contributed by atoms with Crippen molar-refractivity contribution in [3.05, 3.63) is 71.4 Å². The van der Waals surface area contributed by atoms with Crippen LogP contribution in [0.1, 0.15) is 48.5 Å². The Balaban J connectivity index is 1.56. The first kappa shape index (κ1) is 19.1. The van der Waals surface area contributed by atoms with Gasteiger partial charge in [0.1, 0.15) is 6.10 Å². The smallest absolute Gasteiger partial charge is 0.314 e. The molecule has 0 radical (unpaired) electrons. The minimum absolute atomic E-state index is 0.118. The second-order valence-electron chi connectivity index (χ2n) is 9.42. The molecule has 2 bridgehead atoms. The number of fused-ring (bicyclic) bond motifs is 6. The number of aromatic amines is 1. The van der Waals surface area contributed by atoms with Crippen LogP contribution in [-0.4, -0.2) is 40.2 Å². The van der Waals surface area contributed by atoms with E-state index in [4.69, 9.17) is 4.74 Å². The van der Waals surface area contributed by atoms with Crippen LogP contribution < -0.4 is 0 Å². The predicted octanol–water partition coefficient (Wildman–Crippen LogP) is 4.14. The lowest BCUT2D eigenvalue weighted by atomic mass is 9.54. The SMILES string of the molecule is CCC12CN(Cc3ccccc3)C3CC1C(C(=O)OC2CO)c1c3[nH]c2ccccc12. The van der Waals surface area contributed by atoms with Gasteiger partial charge in [-0.3, -0.25) is 9.69 Å². The van der Waals surface area contributed by atoms with Crippen molar-refractivity contribution in [3.63, 3.8) is 0 Å². The van der Waals surface area contributed by atoms with Gasteiger partial charge in [-0.15, -0.1) is 0 Å². The van der Waals surface area contributed by atoms with E-state index in [0.717, 1.165) is 42.4 Å². The number of likely N-dealkylation sites (tertiary alicyclic amines) is 1. The molecule has 31 heavy (non-hydrogen) atoms. The number of piperidine rings is 1. The molecule has 2 N–H and O–H groups in total. The Labute approximate surface area is 182 Å². The van der Waals surface area contributed by atoms with E-state index in [1.54, 1.807) is 0 Å². The summed E-state index contributed by atoms with van der Waals surface area (Å²) in [6, 6.07) is 19.1. The number of rotatable bonds is 4. The van der Waals surface area contributed by atoms with Gasteiger partial charge in [0.05, 0.1) is 18.6 Å². The zero-order valence-electron chi connectivity index (χ0n) is 17.8. The van der Waals surface area contributed by atoms with Gasteiger partial charge in [-0.05, 0) is 36.0 Å². The zero-order valence-corrected chi connectivity index (χ0v) is 17.8. The Morgan fingerprint density at radius 3 is 2.71 bits per heavy atom. The second kappa shape index (κ2) is 6.94. The molecule has 2 aliphatic heterocycles. The molecule has 1 aliphatic carbocycles. The number of carbonyl (C=O) groups excluding carboxylic acids is 1. The van der Waals surface area contributed by atoms with Gasteiger partial charge < -0.3 is 14.8 Å². The summed E-state index contributed by atoms with van der Waals surface area (Å²) >= 11 is 0. The van der Waals surface area contributed by atoms with Gasteiger partial charge in [-0.25, -0.2) is 0 Å². The highest BCUT2D eigenvalue weighted by atomic mass is 16.6. The van der Waals surface area contributed by atoms with Gasteiger partial charge >= 0.3 is 5.97 Å². The number of H-pyrrole nitrogens is 1. The topological polar surface area (TPSA) is 65.6 Å². The van der Waals surface area contributed by atoms with E-state index in [9.17, 15) is 9.90 Å². The maximum atomic E-state index is 13.2. The van der Waals surface area contributed by atoms with Crippen LogP contribution in [0.5, 0.6) is 0 Å². The normalized spacial score (nSPS) is 32.0. The molecule has 0 amide bonds. The van der Waals surface area contributed by atoms with Crippen LogP contribution in [0.3, 0.4) is 0 Å². The minimum Gasteiger partial charge on any atom is -0.459 e. The lowest BCUT2D eigenvalue weighted by Gasteiger charge is -2.60. The van der Waals surface area contributed by atoms with Gasteiger partial charge in [-0.1, -0.05) is 55.5 Å². The van der Waals surface area contributed by atoms with Gasteiger partial charge in [-0.2, -0.15) is 0 Å². The first-order valence-corrected chi connectivity index (χ1v) is 11.4. The zero-order chi connectivity index (χ0) is 21.2. The van der Waals surface area contributed by atoms with Crippen molar-refractivity contribution < 1.29 is 14.6 Å². The highest BCUT2D eigenvalue weighted by Gasteiger charge is 2.62. The molecule has 3 aliphatic rings. The van der Waals surface area contributed by atoms with Crippen molar-refractivity contribution >= 4 is 16.9 Å². The maximum Gasteiger partial charge on any atom is 0.314 e. The minimum atomic E-state index is -0.447. The second-order valence-corrected chi connectivity index (χ2v) is 9.42. The lowest BCUT2D eigenvalue weighted by Crippen LogP contribution is -2.64. The summed E-state index contributed by atoms with van der Waals surface area (Å²) in [5, 5.41) is 11.3. The van der Waals surface area contributed by atoms with Crippen molar-refractivity contribution in [1.82, 2.24) is 9.88 Å². The number of aliphatic hydroxyl groups is 1. The van der Waals surface area contributed by atoms with Crippen molar-refractivity contribution in [2.24, 2.45) is 11.3 Å². The fourth-order valence-corrected chi connectivity index (χ4v) is 6.74. The standard InChI is InChI=1S/C26H28N2O3/c1-2-26-15-28(13-16-8-4-3-5-9-16)20-12-18(26)23(25(30)31-21(26)14-29)22-17-10-6-7-11-19(17)27-24(20)22/h3-11,18,20-21,23,27,29H,2,12-15H2,1H3. The van der Waals surface area contributed by atoms with Crippen LogP contribution in [0, 0.1) is 11.3 Å². The van der Waals surface area contributed by atoms with E-state index < -0.39 is 6.10 Å². The van der Waals surface area contributed by atoms with Crippen LogP contribution in [0.15, 0.2) is 54.6 Å². The number of nitrogens with one attached hydrogen (secondary N) is 1. The first-order valence-electron chi connectivity index (χ1n) is 11.4. The Hall–Kier alpha value is -2.63. The summed E-state index contributed by atoms with van der Waals surface area (Å²) in [6.07, 6.45) is 1.34. The van der Waals surface area contributed by atoms with Crippen LogP contribution >= 0.6 is 0 Å². The molecule has 3 heterocycles. The maximum absolute atomic E-state index is 13.2. The van der Waals surface area contributed by atoms with Crippen LogP contribution in [0.2, 0.25) is 0 Å². The number of nitrogens with zero attached hydrogens (tertiary/aromatic N) is 1. The largest absolute Gasteiger partial charge is 0.459 e.